The zero-order valence-electron chi connectivity index (χ0n) is 11.9. The van der Waals surface area contributed by atoms with Crippen LogP contribution in [0, 0.1) is 0 Å². The molecule has 0 aliphatic heterocycles. The first-order valence-corrected chi connectivity index (χ1v) is 6.39. The van der Waals surface area contributed by atoms with Gasteiger partial charge in [-0.15, -0.1) is 0 Å². The molecule has 0 radical (unpaired) electrons. The molecule has 0 atom stereocenters. The summed E-state index contributed by atoms with van der Waals surface area (Å²) in [5.41, 5.74) is 1.28. The molecule has 1 aromatic carbocycles. The van der Waals surface area contributed by atoms with Crippen LogP contribution in [0.25, 0.3) is 11.0 Å². The number of nitrogens with zero attached hydrogens (tertiary/aromatic N) is 3. The molecule has 0 amide bonds. The standard InChI is InChI=1S/C14H13N3O5/c1-20-12-5-9-10(6-13(12)21-2)16-17(15-9)7-8-3-4-11(22-8)14(18)19/h3-6H,7H2,1-2H3,(H,18,19). The molecular weight excluding hydrogens is 290 g/mol. The molecule has 0 saturated heterocycles. The van der Waals surface area contributed by atoms with E-state index in [1.165, 1.54) is 10.9 Å². The predicted molar refractivity (Wildman–Crippen MR) is 75.4 cm³/mol. The van der Waals surface area contributed by atoms with Crippen LogP contribution in [0.2, 0.25) is 0 Å². The van der Waals surface area contributed by atoms with E-state index >= 15 is 0 Å². The number of carboxylic acids is 1. The van der Waals surface area contributed by atoms with E-state index in [0.29, 0.717) is 28.3 Å². The fourth-order valence-corrected chi connectivity index (χ4v) is 2.08. The van der Waals surface area contributed by atoms with Gasteiger partial charge in [-0.05, 0) is 12.1 Å². The number of hydrogen-bond acceptors (Lipinski definition) is 6. The Kier molecular flexibility index (Phi) is 3.42. The first-order valence-electron chi connectivity index (χ1n) is 6.39. The quantitative estimate of drug-likeness (QED) is 0.767. The minimum absolute atomic E-state index is 0.116. The number of fused-ring (bicyclic) bond motifs is 1. The number of furan rings is 1. The molecule has 22 heavy (non-hydrogen) atoms. The molecule has 3 aromatic rings. The van der Waals surface area contributed by atoms with Crippen molar-refractivity contribution in [3.8, 4) is 11.5 Å². The molecule has 3 rings (SSSR count). The highest BCUT2D eigenvalue weighted by molar-refractivity contribution is 5.84. The van der Waals surface area contributed by atoms with Gasteiger partial charge in [-0.3, -0.25) is 0 Å². The Morgan fingerprint density at radius 2 is 1.77 bits per heavy atom. The Bertz CT molecular complexity index is 795. The van der Waals surface area contributed by atoms with Gasteiger partial charge in [0.2, 0.25) is 5.76 Å². The number of carboxylic acid groups (broad SMARTS) is 1. The van der Waals surface area contributed by atoms with Gasteiger partial charge in [-0.1, -0.05) is 0 Å². The van der Waals surface area contributed by atoms with Crippen LogP contribution in [-0.2, 0) is 6.54 Å². The average molecular weight is 303 g/mol. The van der Waals surface area contributed by atoms with Crippen molar-refractivity contribution in [2.24, 2.45) is 0 Å². The maximum atomic E-state index is 10.8. The van der Waals surface area contributed by atoms with Gasteiger partial charge < -0.3 is 19.0 Å². The van der Waals surface area contributed by atoms with Crippen LogP contribution < -0.4 is 9.47 Å². The summed E-state index contributed by atoms with van der Waals surface area (Å²) in [6, 6.07) is 6.43. The number of aromatic nitrogens is 3. The molecule has 0 unspecified atom stereocenters. The third-order valence-electron chi connectivity index (χ3n) is 3.10. The van der Waals surface area contributed by atoms with E-state index in [0.717, 1.165) is 0 Å². The average Bonchev–Trinajstić information content (AvgIpc) is 3.11. The molecule has 0 bridgehead atoms. The van der Waals surface area contributed by atoms with Gasteiger partial charge in [0.1, 0.15) is 23.3 Å². The Labute approximate surface area is 124 Å². The second-order valence-corrected chi connectivity index (χ2v) is 4.50. The van der Waals surface area contributed by atoms with Crippen LogP contribution >= 0.6 is 0 Å². The van der Waals surface area contributed by atoms with Crippen molar-refractivity contribution in [2.45, 2.75) is 6.54 Å². The van der Waals surface area contributed by atoms with Crippen LogP contribution in [-0.4, -0.2) is 40.3 Å². The van der Waals surface area contributed by atoms with Crippen molar-refractivity contribution < 1.29 is 23.8 Å². The number of ether oxygens (including phenoxy) is 2. The van der Waals surface area contributed by atoms with Crippen molar-refractivity contribution >= 4 is 17.0 Å². The van der Waals surface area contributed by atoms with Crippen molar-refractivity contribution in [2.75, 3.05) is 14.2 Å². The largest absolute Gasteiger partial charge is 0.493 e. The molecule has 1 N–H and O–H groups in total. The zero-order chi connectivity index (χ0) is 15.7. The van der Waals surface area contributed by atoms with Crippen molar-refractivity contribution in [1.29, 1.82) is 0 Å². The number of hydrogen-bond donors (Lipinski definition) is 1. The summed E-state index contributed by atoms with van der Waals surface area (Å²) in [5.74, 6) is 0.354. The third kappa shape index (κ3) is 2.46. The fraction of sp³-hybridized carbons (Fsp3) is 0.214. The second-order valence-electron chi connectivity index (χ2n) is 4.50. The van der Waals surface area contributed by atoms with Crippen molar-refractivity contribution in [1.82, 2.24) is 15.0 Å². The highest BCUT2D eigenvalue weighted by Crippen LogP contribution is 2.30. The Hall–Kier alpha value is -3.03. The van der Waals surface area contributed by atoms with Gasteiger partial charge in [0, 0.05) is 12.1 Å². The van der Waals surface area contributed by atoms with Gasteiger partial charge in [0.15, 0.2) is 11.5 Å². The zero-order valence-corrected chi connectivity index (χ0v) is 11.9. The lowest BCUT2D eigenvalue weighted by atomic mass is 10.3. The molecule has 0 fully saturated rings. The highest BCUT2D eigenvalue weighted by Gasteiger charge is 2.13. The van der Waals surface area contributed by atoms with E-state index < -0.39 is 5.97 Å². The maximum Gasteiger partial charge on any atom is 0.371 e. The maximum absolute atomic E-state index is 10.8. The number of methoxy groups -OCH3 is 2. The van der Waals surface area contributed by atoms with Crippen molar-refractivity contribution in [3.63, 3.8) is 0 Å². The third-order valence-corrected chi connectivity index (χ3v) is 3.10. The molecule has 0 aliphatic carbocycles. The first-order chi connectivity index (χ1) is 10.6. The van der Waals surface area contributed by atoms with E-state index in [9.17, 15) is 4.79 Å². The molecule has 8 heteroatoms. The van der Waals surface area contributed by atoms with Gasteiger partial charge in [0.25, 0.3) is 0 Å². The van der Waals surface area contributed by atoms with Gasteiger partial charge in [-0.25, -0.2) is 4.79 Å². The monoisotopic (exact) mass is 303 g/mol. The summed E-state index contributed by atoms with van der Waals surface area (Å²) in [5, 5.41) is 17.5. The topological polar surface area (TPSA) is 99.6 Å². The van der Waals surface area contributed by atoms with E-state index in [1.54, 1.807) is 32.4 Å². The van der Waals surface area contributed by atoms with Crippen LogP contribution in [0.15, 0.2) is 28.7 Å². The second kappa shape index (κ2) is 5.40. The summed E-state index contributed by atoms with van der Waals surface area (Å²) >= 11 is 0. The molecule has 2 aromatic heterocycles. The first kappa shape index (κ1) is 13.9. The van der Waals surface area contributed by atoms with E-state index in [1.807, 2.05) is 0 Å². The highest BCUT2D eigenvalue weighted by atomic mass is 16.5. The van der Waals surface area contributed by atoms with Crippen LogP contribution in [0.1, 0.15) is 16.3 Å². The number of rotatable bonds is 5. The van der Waals surface area contributed by atoms with Crippen molar-refractivity contribution in [3.05, 3.63) is 35.8 Å². The summed E-state index contributed by atoms with van der Waals surface area (Å²) in [7, 11) is 3.09. The van der Waals surface area contributed by atoms with Gasteiger partial charge in [-0.2, -0.15) is 15.0 Å². The molecule has 114 valence electrons. The molecule has 2 heterocycles. The minimum Gasteiger partial charge on any atom is -0.493 e. The smallest absolute Gasteiger partial charge is 0.371 e. The molecule has 0 saturated carbocycles. The number of benzene rings is 1. The Morgan fingerprint density at radius 1 is 1.18 bits per heavy atom. The molecular formula is C14H13N3O5. The van der Waals surface area contributed by atoms with Crippen LogP contribution in [0.3, 0.4) is 0 Å². The lowest BCUT2D eigenvalue weighted by Gasteiger charge is -2.05. The predicted octanol–water partition coefficient (Wildman–Crippen LogP) is 1.79. The van der Waals surface area contributed by atoms with Crippen LogP contribution in [0.4, 0.5) is 0 Å². The fourth-order valence-electron chi connectivity index (χ4n) is 2.08. The summed E-state index contributed by atoms with van der Waals surface area (Å²) < 4.78 is 15.6. The number of carbonyl (C=O) groups is 1. The Morgan fingerprint density at radius 3 is 2.23 bits per heavy atom. The number of aromatic carboxylic acids is 1. The minimum atomic E-state index is -1.11. The van der Waals surface area contributed by atoms with Gasteiger partial charge in [0.05, 0.1) is 14.2 Å². The summed E-state index contributed by atoms with van der Waals surface area (Å²) in [4.78, 5) is 12.2. The normalized spacial score (nSPS) is 10.8. The van der Waals surface area contributed by atoms with Crippen LogP contribution in [0.5, 0.6) is 11.5 Å². The SMILES string of the molecule is COc1cc2nn(Cc3ccc(C(=O)O)o3)nc2cc1OC. The van der Waals surface area contributed by atoms with E-state index in [-0.39, 0.29) is 12.3 Å². The van der Waals surface area contributed by atoms with Gasteiger partial charge >= 0.3 is 5.97 Å². The van der Waals surface area contributed by atoms with E-state index in [4.69, 9.17) is 19.0 Å². The summed E-state index contributed by atoms with van der Waals surface area (Å²) in [6.45, 7) is 0.229. The lowest BCUT2D eigenvalue weighted by molar-refractivity contribution is 0.0660. The lowest BCUT2D eigenvalue weighted by Crippen LogP contribution is -2.02. The Balaban J connectivity index is 1.92. The van der Waals surface area contributed by atoms with E-state index in [2.05, 4.69) is 10.2 Å². The molecule has 0 spiro atoms. The summed E-state index contributed by atoms with van der Waals surface area (Å²) in [6.07, 6.45) is 0. The molecule has 8 nitrogen and oxygen atoms in total. The molecule has 0 aliphatic rings.